The van der Waals surface area contributed by atoms with E-state index < -0.39 is 70.0 Å². The standard InChI is InChI=1S/C24H28N4O11S/c1-12-10-11-26-23(27-12)28(40(34,35)17-8-6-16(25)7-9-17)22-24(5,39-15(4)31)20(37-14(3)30)18(36-13(2)29)19(38-22)21(32)33/h6-11,18-20,22H,25H2,1-5H3,(H,32,33)/t18-,19+,20+,22-,24-/m1/s1. The number of esters is 3. The normalized spacial score (nSPS) is 24.4. The number of nitrogen functional groups attached to an aromatic ring is 1. The van der Waals surface area contributed by atoms with E-state index in [4.69, 9.17) is 24.7 Å². The topological polar surface area (TPSA) is 215 Å². The molecule has 1 saturated heterocycles. The average Bonchev–Trinajstić information content (AvgIpc) is 2.82. The van der Waals surface area contributed by atoms with Crippen LogP contribution in [0.1, 0.15) is 33.4 Å². The van der Waals surface area contributed by atoms with Gasteiger partial charge in [-0.2, -0.15) is 0 Å². The van der Waals surface area contributed by atoms with Crippen LogP contribution in [-0.2, 0) is 48.1 Å². The molecule has 216 valence electrons. The molecule has 15 nitrogen and oxygen atoms in total. The minimum absolute atomic E-state index is 0.251. The Kier molecular flexibility index (Phi) is 8.64. The number of carbonyl (C=O) groups excluding carboxylic acids is 3. The Morgan fingerprint density at radius 2 is 1.62 bits per heavy atom. The van der Waals surface area contributed by atoms with Crippen molar-refractivity contribution < 1.29 is 51.6 Å². The highest BCUT2D eigenvalue weighted by Crippen LogP contribution is 2.41. The number of rotatable bonds is 8. The second-order valence-corrected chi connectivity index (χ2v) is 10.8. The van der Waals surface area contributed by atoms with E-state index in [2.05, 4.69) is 9.97 Å². The number of nitrogens with zero attached hydrogens (tertiary/aromatic N) is 3. The molecule has 1 aliphatic rings. The predicted molar refractivity (Wildman–Crippen MR) is 135 cm³/mol. The van der Waals surface area contributed by atoms with Crippen molar-refractivity contribution in [3.63, 3.8) is 0 Å². The van der Waals surface area contributed by atoms with Gasteiger partial charge in [-0.1, -0.05) is 0 Å². The lowest BCUT2D eigenvalue weighted by atomic mass is 9.86. The Labute approximate surface area is 229 Å². The van der Waals surface area contributed by atoms with Gasteiger partial charge in [0.05, 0.1) is 4.90 Å². The SMILES string of the molecule is CC(=O)O[C@@H]1[C@@H](C(=O)O)O[C@@H](N(c2nccc(C)n2)S(=O)(=O)c2ccc(N)cc2)[C@](C)(OC(C)=O)[C@H]1OC(C)=O. The van der Waals surface area contributed by atoms with E-state index in [0.29, 0.717) is 10.00 Å². The Morgan fingerprint density at radius 1 is 1.02 bits per heavy atom. The number of hydrogen-bond acceptors (Lipinski definition) is 13. The van der Waals surface area contributed by atoms with Gasteiger partial charge in [0, 0.05) is 38.3 Å². The quantitative estimate of drug-likeness (QED) is 0.248. The molecule has 0 amide bonds. The first-order chi connectivity index (χ1) is 18.6. The fourth-order valence-electron chi connectivity index (χ4n) is 4.19. The number of benzene rings is 1. The molecule has 40 heavy (non-hydrogen) atoms. The number of ether oxygens (including phenoxy) is 4. The molecule has 0 saturated carbocycles. The molecule has 0 unspecified atom stereocenters. The summed E-state index contributed by atoms with van der Waals surface area (Å²) in [6, 6.07) is 6.46. The van der Waals surface area contributed by atoms with E-state index in [9.17, 15) is 32.7 Å². The molecule has 2 heterocycles. The molecule has 1 aromatic heterocycles. The van der Waals surface area contributed by atoms with Gasteiger partial charge in [-0.3, -0.25) is 14.4 Å². The van der Waals surface area contributed by atoms with Crippen molar-refractivity contribution in [1.82, 2.24) is 9.97 Å². The highest BCUT2D eigenvalue weighted by molar-refractivity contribution is 7.92. The van der Waals surface area contributed by atoms with Gasteiger partial charge >= 0.3 is 23.9 Å². The van der Waals surface area contributed by atoms with Crippen LogP contribution in [-0.4, -0.2) is 77.5 Å². The van der Waals surface area contributed by atoms with Crippen LogP contribution in [0.2, 0.25) is 0 Å². The van der Waals surface area contributed by atoms with Gasteiger partial charge in [0.25, 0.3) is 10.0 Å². The maximum absolute atomic E-state index is 14.1. The fraction of sp³-hybridized carbons (Fsp3) is 0.417. The zero-order valence-corrected chi connectivity index (χ0v) is 22.9. The Balaban J connectivity index is 2.38. The van der Waals surface area contributed by atoms with Crippen molar-refractivity contribution in [3.05, 3.63) is 42.2 Å². The summed E-state index contributed by atoms with van der Waals surface area (Å²) in [5, 5.41) is 10.0. The summed E-state index contributed by atoms with van der Waals surface area (Å²) < 4.78 is 50.6. The molecule has 1 fully saturated rings. The maximum atomic E-state index is 14.1. The van der Waals surface area contributed by atoms with Crippen LogP contribution in [0.15, 0.2) is 41.4 Å². The number of anilines is 2. The summed E-state index contributed by atoms with van der Waals surface area (Å²) in [6.45, 7) is 5.62. The van der Waals surface area contributed by atoms with Gasteiger partial charge in [-0.15, -0.1) is 0 Å². The molecular formula is C24H28N4O11S. The zero-order chi connectivity index (χ0) is 30.0. The maximum Gasteiger partial charge on any atom is 0.337 e. The van der Waals surface area contributed by atoms with Gasteiger partial charge in [-0.05, 0) is 44.2 Å². The summed E-state index contributed by atoms with van der Waals surface area (Å²) >= 11 is 0. The lowest BCUT2D eigenvalue weighted by molar-refractivity contribution is -0.275. The number of aliphatic carboxylic acids is 1. The third-order valence-electron chi connectivity index (χ3n) is 5.76. The van der Waals surface area contributed by atoms with E-state index in [1.807, 2.05) is 0 Å². The molecule has 0 aliphatic carbocycles. The highest BCUT2D eigenvalue weighted by atomic mass is 32.2. The van der Waals surface area contributed by atoms with Gasteiger partial charge in [-0.25, -0.2) is 27.5 Å². The van der Waals surface area contributed by atoms with E-state index in [-0.39, 0.29) is 10.6 Å². The van der Waals surface area contributed by atoms with Crippen LogP contribution >= 0.6 is 0 Å². The van der Waals surface area contributed by atoms with Crippen LogP contribution < -0.4 is 10.0 Å². The molecule has 5 atom stereocenters. The molecule has 3 N–H and O–H groups in total. The molecule has 0 bridgehead atoms. The van der Waals surface area contributed by atoms with Crippen LogP contribution in [0.25, 0.3) is 0 Å². The average molecular weight is 581 g/mol. The molecule has 0 radical (unpaired) electrons. The molecule has 3 rings (SSSR count). The van der Waals surface area contributed by atoms with Crippen molar-refractivity contribution in [1.29, 1.82) is 0 Å². The molecule has 2 aromatic rings. The number of carboxylic acid groups (broad SMARTS) is 1. The van der Waals surface area contributed by atoms with Crippen LogP contribution in [0.3, 0.4) is 0 Å². The molecule has 16 heteroatoms. The highest BCUT2D eigenvalue weighted by Gasteiger charge is 2.65. The van der Waals surface area contributed by atoms with Gasteiger partial charge < -0.3 is 29.8 Å². The first kappa shape index (κ1) is 30.2. The third kappa shape index (κ3) is 6.12. The zero-order valence-electron chi connectivity index (χ0n) is 22.1. The van der Waals surface area contributed by atoms with Crippen molar-refractivity contribution in [2.75, 3.05) is 10.0 Å². The summed E-state index contributed by atoms with van der Waals surface area (Å²) in [4.78, 5) is 56.7. The Morgan fingerprint density at radius 3 is 2.12 bits per heavy atom. The number of hydrogen-bond donors (Lipinski definition) is 2. The smallest absolute Gasteiger partial charge is 0.337 e. The van der Waals surface area contributed by atoms with Crippen molar-refractivity contribution in [2.45, 2.75) is 69.7 Å². The van der Waals surface area contributed by atoms with Crippen LogP contribution in [0.5, 0.6) is 0 Å². The number of sulfonamides is 1. The van der Waals surface area contributed by atoms with Gasteiger partial charge in [0.2, 0.25) is 5.95 Å². The number of aromatic nitrogens is 2. The first-order valence-corrected chi connectivity index (χ1v) is 13.1. The summed E-state index contributed by atoms with van der Waals surface area (Å²) in [6.07, 6.45) is -6.66. The lowest BCUT2D eigenvalue weighted by Crippen LogP contribution is -2.73. The Bertz CT molecular complexity index is 1420. The Hall–Kier alpha value is -4.31. The van der Waals surface area contributed by atoms with Crippen molar-refractivity contribution in [3.8, 4) is 0 Å². The monoisotopic (exact) mass is 580 g/mol. The molecule has 1 aliphatic heterocycles. The van der Waals surface area contributed by atoms with Gasteiger partial charge in [0.1, 0.15) is 0 Å². The third-order valence-corrected chi connectivity index (χ3v) is 7.50. The lowest BCUT2D eigenvalue weighted by Gasteiger charge is -2.51. The summed E-state index contributed by atoms with van der Waals surface area (Å²) in [5.41, 5.74) is 3.96. The number of nitrogens with two attached hydrogens (primary N) is 1. The van der Waals surface area contributed by atoms with Crippen molar-refractivity contribution >= 4 is 45.5 Å². The first-order valence-electron chi connectivity index (χ1n) is 11.7. The predicted octanol–water partition coefficient (Wildman–Crippen LogP) is 0.557. The van der Waals surface area contributed by atoms with Crippen LogP contribution in [0, 0.1) is 6.92 Å². The minimum Gasteiger partial charge on any atom is -0.479 e. The number of aryl methyl sites for hydroxylation is 1. The van der Waals surface area contributed by atoms with Crippen LogP contribution in [0.4, 0.5) is 11.6 Å². The van der Waals surface area contributed by atoms with Crippen molar-refractivity contribution in [2.24, 2.45) is 0 Å². The minimum atomic E-state index is -4.74. The molecule has 1 aromatic carbocycles. The largest absolute Gasteiger partial charge is 0.479 e. The van der Waals surface area contributed by atoms with Gasteiger partial charge in [0.15, 0.2) is 30.1 Å². The number of carbonyl (C=O) groups is 4. The van der Waals surface area contributed by atoms with E-state index in [1.165, 1.54) is 36.5 Å². The summed E-state index contributed by atoms with van der Waals surface area (Å²) in [5.74, 6) is -5.14. The van der Waals surface area contributed by atoms with E-state index >= 15 is 0 Å². The summed E-state index contributed by atoms with van der Waals surface area (Å²) in [7, 11) is -4.74. The second kappa shape index (κ2) is 11.4. The molecular weight excluding hydrogens is 552 g/mol. The molecule has 0 spiro atoms. The van der Waals surface area contributed by atoms with E-state index in [0.717, 1.165) is 27.7 Å². The second-order valence-electron chi connectivity index (χ2n) is 9.00. The number of carboxylic acids is 1. The van der Waals surface area contributed by atoms with E-state index in [1.54, 1.807) is 6.92 Å². The fourth-order valence-corrected chi connectivity index (χ4v) is 5.71.